The van der Waals surface area contributed by atoms with Crippen LogP contribution >= 0.6 is 0 Å². The molecule has 0 spiro atoms. The summed E-state index contributed by atoms with van der Waals surface area (Å²) in [5.41, 5.74) is 1.31. The van der Waals surface area contributed by atoms with Crippen LogP contribution in [0.15, 0.2) is 69.9 Å². The van der Waals surface area contributed by atoms with E-state index in [2.05, 4.69) is 4.90 Å². The number of benzene rings is 3. The Morgan fingerprint density at radius 1 is 0.895 bits per heavy atom. The molecule has 3 heterocycles. The topological polar surface area (TPSA) is 106 Å². The van der Waals surface area contributed by atoms with Crippen LogP contribution in [0.25, 0.3) is 21.7 Å². The summed E-state index contributed by atoms with van der Waals surface area (Å²) in [6, 6.07) is 17.5. The number of carbonyl (C=O) groups excluding carboxylic acids is 3. The van der Waals surface area contributed by atoms with Crippen molar-refractivity contribution in [3.63, 3.8) is 0 Å². The van der Waals surface area contributed by atoms with Gasteiger partial charge in [-0.2, -0.15) is 0 Å². The van der Waals surface area contributed by atoms with Gasteiger partial charge in [-0.15, -0.1) is 0 Å². The van der Waals surface area contributed by atoms with Crippen LogP contribution in [-0.4, -0.2) is 62.1 Å². The first-order chi connectivity index (χ1) is 18.5. The number of anilines is 1. The number of imide groups is 1. The van der Waals surface area contributed by atoms with Crippen molar-refractivity contribution in [3.8, 4) is 0 Å². The summed E-state index contributed by atoms with van der Waals surface area (Å²) in [4.78, 5) is 54.7. The molecule has 9 nitrogen and oxygen atoms in total. The molecule has 0 saturated carbocycles. The number of amides is 2. The highest BCUT2D eigenvalue weighted by atomic mass is 16.5. The molecule has 2 amide bonds. The minimum atomic E-state index is -0.813. The molecule has 2 aliphatic rings. The van der Waals surface area contributed by atoms with Crippen LogP contribution in [0.3, 0.4) is 0 Å². The highest BCUT2D eigenvalue weighted by molar-refractivity contribution is 6.26. The molecule has 0 atom stereocenters. The standard InChI is InChI=1S/C29H24N2O7/c32-26-20-7-3-6-19-23(30-12-15-36-16-13-30)10-9-21(25(19)20)27(33)31(26)11-4-14-37-28(34)22-17-18-5-1-2-8-24(18)38-29(22)35/h1-3,5-10,17H,4,11-16H2. The molecule has 9 heteroatoms. The zero-order valence-corrected chi connectivity index (χ0v) is 20.5. The molecular weight excluding hydrogens is 488 g/mol. The Kier molecular flexibility index (Phi) is 6.13. The minimum Gasteiger partial charge on any atom is -0.462 e. The van der Waals surface area contributed by atoms with Gasteiger partial charge in [-0.1, -0.05) is 30.3 Å². The Bertz CT molecular complexity index is 1630. The van der Waals surface area contributed by atoms with Crippen LogP contribution < -0.4 is 10.5 Å². The molecule has 0 radical (unpaired) electrons. The molecule has 0 bridgehead atoms. The van der Waals surface area contributed by atoms with Crippen LogP contribution in [0.2, 0.25) is 0 Å². The second-order valence-electron chi connectivity index (χ2n) is 9.20. The lowest BCUT2D eigenvalue weighted by Crippen LogP contribution is -2.41. The molecule has 38 heavy (non-hydrogen) atoms. The van der Waals surface area contributed by atoms with E-state index in [1.165, 1.54) is 11.0 Å². The van der Waals surface area contributed by atoms with E-state index in [0.29, 0.717) is 40.7 Å². The Balaban J connectivity index is 1.16. The van der Waals surface area contributed by atoms with E-state index in [0.717, 1.165) is 24.2 Å². The van der Waals surface area contributed by atoms with Gasteiger partial charge in [0.05, 0.1) is 19.8 Å². The Labute approximate surface area is 217 Å². The summed E-state index contributed by atoms with van der Waals surface area (Å²) in [5.74, 6) is -1.57. The van der Waals surface area contributed by atoms with Gasteiger partial charge in [0.25, 0.3) is 11.8 Å². The Morgan fingerprint density at radius 2 is 1.66 bits per heavy atom. The van der Waals surface area contributed by atoms with Gasteiger partial charge in [0.1, 0.15) is 11.1 Å². The number of nitrogens with zero attached hydrogens (tertiary/aromatic N) is 2. The van der Waals surface area contributed by atoms with Crippen LogP contribution in [0, 0.1) is 0 Å². The fourth-order valence-corrected chi connectivity index (χ4v) is 5.08. The normalized spacial score (nSPS) is 15.4. The van der Waals surface area contributed by atoms with E-state index in [9.17, 15) is 19.2 Å². The van der Waals surface area contributed by atoms with E-state index in [-0.39, 0.29) is 37.0 Å². The van der Waals surface area contributed by atoms with Crippen molar-refractivity contribution in [1.29, 1.82) is 0 Å². The van der Waals surface area contributed by atoms with E-state index < -0.39 is 11.6 Å². The zero-order chi connectivity index (χ0) is 26.2. The van der Waals surface area contributed by atoms with Crippen LogP contribution in [-0.2, 0) is 9.47 Å². The van der Waals surface area contributed by atoms with Gasteiger partial charge in [0.2, 0.25) is 0 Å². The molecule has 0 aliphatic carbocycles. The van der Waals surface area contributed by atoms with Gasteiger partial charge in [-0.25, -0.2) is 9.59 Å². The summed E-state index contributed by atoms with van der Waals surface area (Å²) in [5, 5.41) is 2.14. The molecule has 0 unspecified atom stereocenters. The van der Waals surface area contributed by atoms with Gasteiger partial charge >= 0.3 is 11.6 Å². The third-order valence-electron chi connectivity index (χ3n) is 6.94. The summed E-state index contributed by atoms with van der Waals surface area (Å²) in [6.45, 7) is 2.74. The number of esters is 1. The molecule has 2 aliphatic heterocycles. The number of hydrogen-bond acceptors (Lipinski definition) is 8. The number of para-hydroxylation sites is 1. The molecule has 1 saturated heterocycles. The number of ether oxygens (including phenoxy) is 2. The number of morpholine rings is 1. The molecule has 0 N–H and O–H groups in total. The highest BCUT2D eigenvalue weighted by Crippen LogP contribution is 2.36. The van der Waals surface area contributed by atoms with Crippen molar-refractivity contribution in [1.82, 2.24) is 4.90 Å². The Morgan fingerprint density at radius 3 is 2.47 bits per heavy atom. The van der Waals surface area contributed by atoms with Crippen molar-refractivity contribution in [2.24, 2.45) is 0 Å². The lowest BCUT2D eigenvalue weighted by molar-refractivity contribution is 0.0472. The van der Waals surface area contributed by atoms with Gasteiger partial charge in [-0.05, 0) is 36.8 Å². The average Bonchev–Trinajstić information content (AvgIpc) is 2.95. The van der Waals surface area contributed by atoms with Crippen molar-refractivity contribution in [2.45, 2.75) is 6.42 Å². The number of hydrogen-bond donors (Lipinski definition) is 0. The summed E-state index contributed by atoms with van der Waals surface area (Å²) in [6.07, 6.45) is 0.222. The lowest BCUT2D eigenvalue weighted by atomic mass is 9.92. The lowest BCUT2D eigenvalue weighted by Gasteiger charge is -2.32. The number of carbonyl (C=O) groups is 3. The molecule has 192 valence electrons. The molecule has 1 fully saturated rings. The fraction of sp³-hybridized carbons (Fsp3) is 0.241. The monoisotopic (exact) mass is 512 g/mol. The van der Waals surface area contributed by atoms with Crippen molar-refractivity contribution in [3.05, 3.63) is 87.8 Å². The minimum absolute atomic E-state index is 0.0678. The summed E-state index contributed by atoms with van der Waals surface area (Å²) < 4.78 is 15.9. The van der Waals surface area contributed by atoms with E-state index in [1.54, 1.807) is 36.4 Å². The van der Waals surface area contributed by atoms with Crippen LogP contribution in [0.1, 0.15) is 37.5 Å². The second kappa shape index (κ2) is 9.75. The van der Waals surface area contributed by atoms with Crippen molar-refractivity contribution < 1.29 is 28.3 Å². The third-order valence-corrected chi connectivity index (χ3v) is 6.94. The average molecular weight is 513 g/mol. The largest absolute Gasteiger partial charge is 0.462 e. The van der Waals surface area contributed by atoms with Gasteiger partial charge in [0.15, 0.2) is 0 Å². The van der Waals surface area contributed by atoms with Crippen molar-refractivity contribution in [2.75, 3.05) is 44.4 Å². The van der Waals surface area contributed by atoms with E-state index in [1.807, 2.05) is 18.2 Å². The molecule has 6 rings (SSSR count). The predicted octanol–water partition coefficient (Wildman–Crippen LogP) is 3.63. The van der Waals surface area contributed by atoms with Crippen LogP contribution in [0.4, 0.5) is 5.69 Å². The maximum Gasteiger partial charge on any atom is 0.351 e. The third kappa shape index (κ3) is 4.10. The maximum atomic E-state index is 13.3. The first-order valence-corrected chi connectivity index (χ1v) is 12.5. The molecule has 3 aromatic carbocycles. The van der Waals surface area contributed by atoms with Crippen LogP contribution in [0.5, 0.6) is 0 Å². The first-order valence-electron chi connectivity index (χ1n) is 12.5. The quantitative estimate of drug-likeness (QED) is 0.167. The number of fused-ring (bicyclic) bond motifs is 1. The van der Waals surface area contributed by atoms with Gasteiger partial charge in [-0.3, -0.25) is 14.5 Å². The fourth-order valence-electron chi connectivity index (χ4n) is 5.08. The summed E-state index contributed by atoms with van der Waals surface area (Å²) >= 11 is 0. The Hall–Kier alpha value is -4.50. The molecule has 1 aromatic heterocycles. The van der Waals surface area contributed by atoms with E-state index >= 15 is 0 Å². The second-order valence-corrected chi connectivity index (χ2v) is 9.20. The molecule has 4 aromatic rings. The SMILES string of the molecule is O=C(OCCCN1C(=O)c2cccc3c(N4CCOCC4)ccc(c23)C1=O)c1cc2ccccc2oc1=O. The number of rotatable bonds is 6. The summed E-state index contributed by atoms with van der Waals surface area (Å²) in [7, 11) is 0. The predicted molar refractivity (Wildman–Crippen MR) is 140 cm³/mol. The van der Waals surface area contributed by atoms with Gasteiger partial charge < -0.3 is 18.8 Å². The highest BCUT2D eigenvalue weighted by Gasteiger charge is 2.33. The van der Waals surface area contributed by atoms with Gasteiger partial charge in [0, 0.05) is 52.6 Å². The smallest absolute Gasteiger partial charge is 0.351 e. The van der Waals surface area contributed by atoms with E-state index in [4.69, 9.17) is 13.9 Å². The zero-order valence-electron chi connectivity index (χ0n) is 20.5. The first kappa shape index (κ1) is 23.9. The molecular formula is C29H24N2O7. The maximum absolute atomic E-state index is 13.3. The van der Waals surface area contributed by atoms with Crippen molar-refractivity contribution >= 4 is 45.2 Å².